The lowest BCUT2D eigenvalue weighted by Gasteiger charge is -2.10. The van der Waals surface area contributed by atoms with Gasteiger partial charge in [-0.3, -0.25) is 0 Å². The maximum Gasteiger partial charge on any atom is 0.191 e. The Bertz CT molecular complexity index is 409. The predicted octanol–water partition coefficient (Wildman–Crippen LogP) is 2.98. The highest BCUT2D eigenvalue weighted by Gasteiger charge is 2.05. The number of guanidine groups is 1. The quantitative estimate of drug-likeness (QED) is 0.291. The maximum atomic E-state index is 5.30. The van der Waals surface area contributed by atoms with Crippen LogP contribution in [-0.4, -0.2) is 37.2 Å². The lowest BCUT2D eigenvalue weighted by Crippen LogP contribution is -2.39. The van der Waals surface area contributed by atoms with Crippen molar-refractivity contribution in [1.29, 1.82) is 0 Å². The molecule has 0 saturated heterocycles. The van der Waals surface area contributed by atoms with E-state index in [0.717, 1.165) is 36.4 Å². The molecule has 1 aromatic heterocycles. The van der Waals surface area contributed by atoms with Gasteiger partial charge < -0.3 is 15.4 Å². The zero-order valence-corrected chi connectivity index (χ0v) is 16.5. The zero-order valence-electron chi connectivity index (χ0n) is 13.3. The molecule has 0 aliphatic rings. The Morgan fingerprint density at radius 2 is 2.14 bits per heavy atom. The first-order valence-electron chi connectivity index (χ1n) is 7.21. The van der Waals surface area contributed by atoms with Crippen LogP contribution in [-0.2, 0) is 11.3 Å². The third-order valence-electron chi connectivity index (χ3n) is 2.62. The Kier molecular flexibility index (Phi) is 11.9. The number of nitrogens with one attached hydrogen (secondary N) is 2. The second-order valence-electron chi connectivity index (χ2n) is 4.64. The Labute approximate surface area is 149 Å². The summed E-state index contributed by atoms with van der Waals surface area (Å²) in [7, 11) is 0. The largest absolute Gasteiger partial charge is 0.380 e. The number of hydrogen-bond acceptors (Lipinski definition) is 4. The summed E-state index contributed by atoms with van der Waals surface area (Å²) in [5, 5.41) is 9.63. The van der Waals surface area contributed by atoms with Gasteiger partial charge in [0.1, 0.15) is 5.01 Å². The minimum absolute atomic E-state index is 0. The van der Waals surface area contributed by atoms with E-state index >= 15 is 0 Å². The van der Waals surface area contributed by atoms with Crippen molar-refractivity contribution < 1.29 is 4.74 Å². The molecule has 5 nitrogen and oxygen atoms in total. The minimum atomic E-state index is 0. The van der Waals surface area contributed by atoms with E-state index in [9.17, 15) is 0 Å². The van der Waals surface area contributed by atoms with Gasteiger partial charge in [-0.15, -0.1) is 35.3 Å². The number of aromatic nitrogens is 1. The van der Waals surface area contributed by atoms with E-state index < -0.39 is 0 Å². The van der Waals surface area contributed by atoms with Gasteiger partial charge >= 0.3 is 0 Å². The van der Waals surface area contributed by atoms with Crippen LogP contribution in [0.15, 0.2) is 10.4 Å². The molecule has 0 unspecified atom stereocenters. The van der Waals surface area contributed by atoms with Gasteiger partial charge in [0.15, 0.2) is 5.96 Å². The molecule has 0 spiro atoms. The van der Waals surface area contributed by atoms with E-state index in [0.29, 0.717) is 19.1 Å². The van der Waals surface area contributed by atoms with E-state index in [-0.39, 0.29) is 24.0 Å². The fraction of sp³-hybridized carbons (Fsp3) is 0.714. The van der Waals surface area contributed by atoms with Crippen molar-refractivity contribution in [2.45, 2.75) is 40.2 Å². The highest BCUT2D eigenvalue weighted by molar-refractivity contribution is 14.0. The second-order valence-corrected chi connectivity index (χ2v) is 5.58. The summed E-state index contributed by atoms with van der Waals surface area (Å²) in [5.41, 5.74) is 1.15. The van der Waals surface area contributed by atoms with Crippen LogP contribution in [0, 0.1) is 0 Å². The third kappa shape index (κ3) is 8.57. The van der Waals surface area contributed by atoms with Crippen molar-refractivity contribution in [2.24, 2.45) is 4.99 Å². The highest BCUT2D eigenvalue weighted by Crippen LogP contribution is 2.18. The number of nitrogens with zero attached hydrogens (tertiary/aromatic N) is 2. The summed E-state index contributed by atoms with van der Waals surface area (Å²) in [6.45, 7) is 12.0. The van der Waals surface area contributed by atoms with Gasteiger partial charge in [-0.1, -0.05) is 13.8 Å². The highest BCUT2D eigenvalue weighted by atomic mass is 127. The number of ether oxygens (including phenoxy) is 1. The Hall–Kier alpha value is -0.410. The molecule has 0 amide bonds. The summed E-state index contributed by atoms with van der Waals surface area (Å²) in [6.07, 6.45) is 0. The summed E-state index contributed by atoms with van der Waals surface area (Å²) in [6, 6.07) is 0. The number of thiazole rings is 1. The zero-order chi connectivity index (χ0) is 14.8. The average molecular weight is 426 g/mol. The number of halogens is 1. The third-order valence-corrected chi connectivity index (χ3v) is 3.47. The molecule has 21 heavy (non-hydrogen) atoms. The smallest absolute Gasteiger partial charge is 0.191 e. The van der Waals surface area contributed by atoms with E-state index in [1.54, 1.807) is 11.3 Å². The van der Waals surface area contributed by atoms with E-state index in [1.165, 1.54) is 0 Å². The van der Waals surface area contributed by atoms with Crippen LogP contribution in [0.4, 0.5) is 0 Å². The normalized spacial score (nSPS) is 11.4. The SMILES string of the molecule is CCNC(=NCc1nc(C(C)C)cs1)NCCOCC.I. The van der Waals surface area contributed by atoms with Crippen molar-refractivity contribution in [3.8, 4) is 0 Å². The summed E-state index contributed by atoms with van der Waals surface area (Å²) in [4.78, 5) is 9.12. The van der Waals surface area contributed by atoms with Crippen LogP contribution >= 0.6 is 35.3 Å². The molecule has 0 radical (unpaired) electrons. The summed E-state index contributed by atoms with van der Waals surface area (Å²) in [5.74, 6) is 1.29. The number of aliphatic imine (C=N–C) groups is 1. The molecule has 0 aromatic carbocycles. The van der Waals surface area contributed by atoms with Gasteiger partial charge in [-0.25, -0.2) is 9.98 Å². The first kappa shape index (κ1) is 20.6. The van der Waals surface area contributed by atoms with Gasteiger partial charge in [0.05, 0.1) is 18.8 Å². The Morgan fingerprint density at radius 1 is 1.38 bits per heavy atom. The molecule has 0 aliphatic carbocycles. The molecule has 0 saturated carbocycles. The Morgan fingerprint density at radius 3 is 2.71 bits per heavy atom. The molecule has 122 valence electrons. The van der Waals surface area contributed by atoms with Gasteiger partial charge in [0, 0.05) is 25.1 Å². The first-order chi connectivity index (χ1) is 9.67. The molecule has 7 heteroatoms. The van der Waals surface area contributed by atoms with Crippen LogP contribution in [0.2, 0.25) is 0 Å². The van der Waals surface area contributed by atoms with Gasteiger partial charge in [0.25, 0.3) is 0 Å². The fourth-order valence-electron chi connectivity index (χ4n) is 1.54. The molecule has 1 rings (SSSR count). The topological polar surface area (TPSA) is 58.5 Å². The molecular weight excluding hydrogens is 399 g/mol. The molecule has 0 fully saturated rings. The van der Waals surface area contributed by atoms with Crippen LogP contribution in [0.5, 0.6) is 0 Å². The van der Waals surface area contributed by atoms with E-state index in [4.69, 9.17) is 4.74 Å². The molecular formula is C14H27IN4OS. The monoisotopic (exact) mass is 426 g/mol. The van der Waals surface area contributed by atoms with Gasteiger partial charge in [0.2, 0.25) is 0 Å². The number of rotatable bonds is 8. The first-order valence-corrected chi connectivity index (χ1v) is 8.09. The molecule has 0 aliphatic heterocycles. The van der Waals surface area contributed by atoms with Crippen LogP contribution in [0.3, 0.4) is 0 Å². The molecule has 2 N–H and O–H groups in total. The number of hydrogen-bond donors (Lipinski definition) is 2. The standard InChI is InChI=1S/C14H26N4OS.HI/c1-5-15-14(16-7-8-19-6-2)17-9-13-18-12(10-20-13)11(3)4;/h10-11H,5-9H2,1-4H3,(H2,15,16,17);1H. The lowest BCUT2D eigenvalue weighted by atomic mass is 10.2. The van der Waals surface area contributed by atoms with Crippen molar-refractivity contribution in [1.82, 2.24) is 15.6 Å². The molecule has 0 bridgehead atoms. The van der Waals surface area contributed by atoms with Crippen molar-refractivity contribution in [3.05, 3.63) is 16.1 Å². The van der Waals surface area contributed by atoms with E-state index in [1.807, 2.05) is 6.92 Å². The van der Waals surface area contributed by atoms with Crippen molar-refractivity contribution in [3.63, 3.8) is 0 Å². The Balaban J connectivity index is 0.00000400. The molecule has 1 aromatic rings. The average Bonchev–Trinajstić information content (AvgIpc) is 2.90. The van der Waals surface area contributed by atoms with Crippen molar-refractivity contribution in [2.75, 3.05) is 26.3 Å². The maximum absolute atomic E-state index is 5.30. The van der Waals surface area contributed by atoms with Gasteiger partial charge in [-0.2, -0.15) is 0 Å². The molecule has 0 atom stereocenters. The second kappa shape index (κ2) is 12.2. The summed E-state index contributed by atoms with van der Waals surface area (Å²) < 4.78 is 5.30. The lowest BCUT2D eigenvalue weighted by molar-refractivity contribution is 0.152. The molecule has 1 heterocycles. The van der Waals surface area contributed by atoms with Crippen LogP contribution in [0.1, 0.15) is 44.3 Å². The predicted molar refractivity (Wildman–Crippen MR) is 101 cm³/mol. The van der Waals surface area contributed by atoms with Gasteiger partial charge in [-0.05, 0) is 19.8 Å². The van der Waals surface area contributed by atoms with E-state index in [2.05, 4.69) is 46.8 Å². The summed E-state index contributed by atoms with van der Waals surface area (Å²) >= 11 is 1.67. The van der Waals surface area contributed by atoms with Crippen LogP contribution < -0.4 is 10.6 Å². The fourth-order valence-corrected chi connectivity index (χ4v) is 2.42. The van der Waals surface area contributed by atoms with Crippen molar-refractivity contribution >= 4 is 41.3 Å². The van der Waals surface area contributed by atoms with Crippen LogP contribution in [0.25, 0.3) is 0 Å². The minimum Gasteiger partial charge on any atom is -0.380 e.